The van der Waals surface area contributed by atoms with E-state index in [1.807, 2.05) is 42.5 Å². The first kappa shape index (κ1) is 17.8. The summed E-state index contributed by atoms with van der Waals surface area (Å²) >= 11 is 0. The maximum Gasteiger partial charge on any atom is 0.326 e. The molecule has 3 rings (SSSR count). The lowest BCUT2D eigenvalue weighted by molar-refractivity contribution is -0.154. The molecule has 0 saturated carbocycles. The molecule has 136 valence electrons. The van der Waals surface area contributed by atoms with E-state index in [2.05, 4.69) is 5.32 Å². The molecule has 1 aliphatic carbocycles. The molecule has 1 saturated heterocycles. The molecule has 0 bridgehead atoms. The quantitative estimate of drug-likeness (QED) is 0.462. The summed E-state index contributed by atoms with van der Waals surface area (Å²) < 4.78 is 4.89. The smallest absolute Gasteiger partial charge is 0.326 e. The van der Waals surface area contributed by atoms with Gasteiger partial charge in [0.15, 0.2) is 6.61 Å². The van der Waals surface area contributed by atoms with Crippen molar-refractivity contribution in [3.8, 4) is 0 Å². The second-order valence-electron chi connectivity index (χ2n) is 6.34. The lowest BCUT2D eigenvalue weighted by Crippen LogP contribution is -2.38. The van der Waals surface area contributed by atoms with Crippen LogP contribution in [0.1, 0.15) is 18.4 Å². The number of carbonyl (C=O) groups excluding carboxylic acids is 4. The monoisotopic (exact) mass is 356 g/mol. The van der Waals surface area contributed by atoms with Gasteiger partial charge in [-0.1, -0.05) is 42.5 Å². The Balaban J connectivity index is 1.43. The maximum absolute atomic E-state index is 12.3. The third-order valence-electron chi connectivity index (χ3n) is 4.58. The van der Waals surface area contributed by atoms with Crippen LogP contribution in [0.5, 0.6) is 0 Å². The highest BCUT2D eigenvalue weighted by molar-refractivity contribution is 6.07. The Labute approximate surface area is 151 Å². The first-order chi connectivity index (χ1) is 12.6. The number of nitrogens with one attached hydrogen (secondary N) is 1. The molecule has 0 spiro atoms. The molecular formula is C19H20N2O5. The number of amides is 3. The Kier molecular flexibility index (Phi) is 5.46. The Morgan fingerprint density at radius 1 is 1.04 bits per heavy atom. The van der Waals surface area contributed by atoms with Crippen molar-refractivity contribution in [2.24, 2.45) is 11.8 Å². The van der Waals surface area contributed by atoms with Crippen molar-refractivity contribution in [3.05, 3.63) is 48.0 Å². The summed E-state index contributed by atoms with van der Waals surface area (Å²) in [7, 11) is 0. The minimum Gasteiger partial charge on any atom is -0.454 e. The third kappa shape index (κ3) is 3.99. The lowest BCUT2D eigenvalue weighted by Gasteiger charge is -2.14. The molecule has 1 aromatic carbocycles. The molecule has 26 heavy (non-hydrogen) atoms. The zero-order chi connectivity index (χ0) is 18.5. The van der Waals surface area contributed by atoms with Crippen molar-refractivity contribution < 1.29 is 23.9 Å². The van der Waals surface area contributed by atoms with Crippen LogP contribution in [-0.2, 0) is 30.5 Å². The molecule has 1 aliphatic heterocycles. The Bertz CT molecular complexity index is 718. The van der Waals surface area contributed by atoms with Gasteiger partial charge in [-0.3, -0.25) is 24.1 Å². The van der Waals surface area contributed by atoms with E-state index in [0.29, 0.717) is 19.4 Å². The van der Waals surface area contributed by atoms with Crippen LogP contribution in [0.2, 0.25) is 0 Å². The minimum absolute atomic E-state index is 0.330. The molecule has 0 radical (unpaired) electrons. The highest BCUT2D eigenvalue weighted by atomic mass is 16.5. The number of allylic oxidation sites excluding steroid dienone is 2. The zero-order valence-electron chi connectivity index (χ0n) is 14.2. The zero-order valence-corrected chi connectivity index (χ0v) is 14.2. The second-order valence-corrected chi connectivity index (χ2v) is 6.34. The average molecular weight is 356 g/mol. The molecule has 7 nitrogen and oxygen atoms in total. The first-order valence-electron chi connectivity index (χ1n) is 8.52. The predicted molar refractivity (Wildman–Crippen MR) is 91.3 cm³/mol. The Hall–Kier alpha value is -2.96. The molecular weight excluding hydrogens is 336 g/mol. The Morgan fingerprint density at radius 2 is 1.65 bits per heavy atom. The van der Waals surface area contributed by atoms with Gasteiger partial charge in [-0.05, 0) is 18.4 Å². The Morgan fingerprint density at radius 3 is 2.27 bits per heavy atom. The first-order valence-corrected chi connectivity index (χ1v) is 8.52. The number of carbonyl (C=O) groups is 4. The standard InChI is InChI=1S/C19H20N2O5/c22-16(20-10-13-6-2-1-3-7-13)12-26-17(23)11-21-18(24)14-8-4-5-9-15(14)19(21)25/h1-7,14-15H,8-12H2,(H,20,22)/t14-,15-/m0/s1. The highest BCUT2D eigenvalue weighted by Crippen LogP contribution is 2.34. The van der Waals surface area contributed by atoms with Crippen LogP contribution >= 0.6 is 0 Å². The van der Waals surface area contributed by atoms with Crippen molar-refractivity contribution in [2.45, 2.75) is 19.4 Å². The van der Waals surface area contributed by atoms with Crippen molar-refractivity contribution in [1.29, 1.82) is 0 Å². The predicted octanol–water partition coefficient (Wildman–Crippen LogP) is 0.797. The summed E-state index contributed by atoms with van der Waals surface area (Å²) in [4.78, 5) is 49.1. The number of benzene rings is 1. The molecule has 2 aliphatic rings. The van der Waals surface area contributed by atoms with Crippen molar-refractivity contribution in [2.75, 3.05) is 13.2 Å². The topological polar surface area (TPSA) is 92.8 Å². The maximum atomic E-state index is 12.3. The van der Waals surface area contributed by atoms with Gasteiger partial charge in [0.05, 0.1) is 11.8 Å². The highest BCUT2D eigenvalue weighted by Gasteiger charge is 2.47. The summed E-state index contributed by atoms with van der Waals surface area (Å²) in [5, 5.41) is 2.63. The number of hydrogen-bond donors (Lipinski definition) is 1. The van der Waals surface area contributed by atoms with E-state index >= 15 is 0 Å². The fourth-order valence-corrected chi connectivity index (χ4v) is 3.19. The fraction of sp³-hybridized carbons (Fsp3) is 0.368. The van der Waals surface area contributed by atoms with Gasteiger partial charge in [-0.25, -0.2) is 0 Å². The number of rotatable bonds is 6. The third-order valence-corrected chi connectivity index (χ3v) is 4.58. The number of imide groups is 1. The van der Waals surface area contributed by atoms with Gasteiger partial charge in [0, 0.05) is 6.54 Å². The van der Waals surface area contributed by atoms with Gasteiger partial charge in [0.2, 0.25) is 11.8 Å². The molecule has 0 unspecified atom stereocenters. The lowest BCUT2D eigenvalue weighted by atomic mass is 9.85. The van der Waals surface area contributed by atoms with Crippen LogP contribution in [0, 0.1) is 11.8 Å². The largest absolute Gasteiger partial charge is 0.454 e. The number of esters is 1. The minimum atomic E-state index is -0.770. The van der Waals surface area contributed by atoms with E-state index in [4.69, 9.17) is 4.74 Å². The normalized spacial score (nSPS) is 21.5. The van der Waals surface area contributed by atoms with Crippen LogP contribution in [0.15, 0.2) is 42.5 Å². The molecule has 1 N–H and O–H groups in total. The van der Waals surface area contributed by atoms with Gasteiger partial charge in [-0.15, -0.1) is 0 Å². The summed E-state index contributed by atoms with van der Waals surface area (Å²) in [6, 6.07) is 9.33. The van der Waals surface area contributed by atoms with Gasteiger partial charge in [0.1, 0.15) is 6.54 Å². The van der Waals surface area contributed by atoms with Crippen LogP contribution in [0.4, 0.5) is 0 Å². The van der Waals surface area contributed by atoms with E-state index in [0.717, 1.165) is 10.5 Å². The molecule has 2 atom stereocenters. The molecule has 1 aromatic rings. The van der Waals surface area contributed by atoms with Crippen molar-refractivity contribution in [3.63, 3.8) is 0 Å². The van der Waals surface area contributed by atoms with Gasteiger partial charge in [0.25, 0.3) is 5.91 Å². The molecule has 7 heteroatoms. The average Bonchev–Trinajstić information content (AvgIpc) is 2.91. The summed E-state index contributed by atoms with van der Waals surface area (Å²) in [6.07, 6.45) is 4.79. The van der Waals surface area contributed by atoms with Crippen LogP contribution < -0.4 is 5.32 Å². The van der Waals surface area contributed by atoms with Gasteiger partial charge >= 0.3 is 5.97 Å². The molecule has 3 amide bonds. The van der Waals surface area contributed by atoms with E-state index in [1.54, 1.807) is 0 Å². The van der Waals surface area contributed by atoms with E-state index in [-0.39, 0.29) is 23.7 Å². The summed E-state index contributed by atoms with van der Waals surface area (Å²) in [5.74, 6) is -2.65. The van der Waals surface area contributed by atoms with E-state index < -0.39 is 25.0 Å². The summed E-state index contributed by atoms with van der Waals surface area (Å²) in [5.41, 5.74) is 0.927. The van der Waals surface area contributed by atoms with E-state index in [1.165, 1.54) is 0 Å². The van der Waals surface area contributed by atoms with Gasteiger partial charge < -0.3 is 10.1 Å². The summed E-state index contributed by atoms with van der Waals surface area (Å²) in [6.45, 7) is -0.566. The van der Waals surface area contributed by atoms with Gasteiger partial charge in [-0.2, -0.15) is 0 Å². The molecule has 0 aromatic heterocycles. The number of ether oxygens (including phenoxy) is 1. The molecule has 1 fully saturated rings. The number of nitrogens with zero attached hydrogens (tertiary/aromatic N) is 1. The van der Waals surface area contributed by atoms with Crippen LogP contribution in [0.3, 0.4) is 0 Å². The van der Waals surface area contributed by atoms with Crippen LogP contribution in [0.25, 0.3) is 0 Å². The number of likely N-dealkylation sites (tertiary alicyclic amines) is 1. The van der Waals surface area contributed by atoms with Crippen molar-refractivity contribution >= 4 is 23.7 Å². The second kappa shape index (κ2) is 7.95. The molecule has 1 heterocycles. The number of fused-ring (bicyclic) bond motifs is 1. The van der Waals surface area contributed by atoms with Crippen LogP contribution in [-0.4, -0.2) is 41.7 Å². The number of hydrogen-bond acceptors (Lipinski definition) is 5. The fourth-order valence-electron chi connectivity index (χ4n) is 3.19. The SMILES string of the molecule is O=C(COC(=O)CN1C(=O)[C@H]2CC=CC[C@@H]2C1=O)NCc1ccccc1. The van der Waals surface area contributed by atoms with E-state index in [9.17, 15) is 19.2 Å². The van der Waals surface area contributed by atoms with Crippen molar-refractivity contribution in [1.82, 2.24) is 10.2 Å².